The third-order valence-electron chi connectivity index (χ3n) is 5.01. The van der Waals surface area contributed by atoms with Crippen LogP contribution in [0.1, 0.15) is 21.5 Å². The van der Waals surface area contributed by atoms with Gasteiger partial charge >= 0.3 is 0 Å². The standard InChI is InChI=1S/C26H27BrN2O4S/c1-32-23-12-9-18(15-24(23)33-2)13-14-28-26(31)21-5-3-4-6-22(21)29-25(30)17-34-16-19-7-10-20(27)11-8-19/h3-12,15H,13-14,16-17H2,1-2H3,(H,28,31)(H,29,30). The summed E-state index contributed by atoms with van der Waals surface area (Å²) in [6, 6.07) is 20.7. The minimum atomic E-state index is -0.237. The van der Waals surface area contributed by atoms with Gasteiger partial charge in [0.25, 0.3) is 5.91 Å². The number of carbonyl (C=O) groups excluding carboxylic acids is 2. The molecule has 0 saturated heterocycles. The lowest BCUT2D eigenvalue weighted by Crippen LogP contribution is -2.27. The van der Waals surface area contributed by atoms with Crippen molar-refractivity contribution in [2.45, 2.75) is 12.2 Å². The molecule has 3 aromatic rings. The number of hydrogen-bond donors (Lipinski definition) is 2. The quantitative estimate of drug-likeness (QED) is 0.343. The number of amides is 2. The smallest absolute Gasteiger partial charge is 0.253 e. The number of anilines is 1. The van der Waals surface area contributed by atoms with Crippen LogP contribution in [0.15, 0.2) is 71.2 Å². The van der Waals surface area contributed by atoms with Crippen molar-refractivity contribution < 1.29 is 19.1 Å². The second-order valence-electron chi connectivity index (χ2n) is 7.41. The predicted octanol–water partition coefficient (Wildman–Crippen LogP) is 5.31. The molecule has 8 heteroatoms. The van der Waals surface area contributed by atoms with Crippen LogP contribution in [0.5, 0.6) is 11.5 Å². The number of rotatable bonds is 11. The molecule has 0 fully saturated rings. The van der Waals surface area contributed by atoms with Gasteiger partial charge in [0, 0.05) is 16.8 Å². The van der Waals surface area contributed by atoms with Crippen LogP contribution in [0.4, 0.5) is 5.69 Å². The second-order valence-corrected chi connectivity index (χ2v) is 9.31. The molecule has 0 saturated carbocycles. The van der Waals surface area contributed by atoms with Gasteiger partial charge < -0.3 is 20.1 Å². The monoisotopic (exact) mass is 542 g/mol. The van der Waals surface area contributed by atoms with E-state index >= 15 is 0 Å². The van der Waals surface area contributed by atoms with Gasteiger partial charge in [-0.15, -0.1) is 11.8 Å². The van der Waals surface area contributed by atoms with Gasteiger partial charge in [-0.3, -0.25) is 9.59 Å². The Bertz CT molecular complexity index is 1120. The van der Waals surface area contributed by atoms with Crippen LogP contribution < -0.4 is 20.1 Å². The van der Waals surface area contributed by atoms with Crippen LogP contribution in [0, 0.1) is 0 Å². The molecule has 0 aliphatic heterocycles. The maximum Gasteiger partial charge on any atom is 0.253 e. The second kappa shape index (κ2) is 13.1. The molecule has 0 unspecified atom stereocenters. The Morgan fingerprint density at radius 2 is 1.62 bits per heavy atom. The van der Waals surface area contributed by atoms with E-state index in [1.54, 1.807) is 38.5 Å². The van der Waals surface area contributed by atoms with E-state index in [9.17, 15) is 9.59 Å². The van der Waals surface area contributed by atoms with Crippen LogP contribution in [-0.4, -0.2) is 38.3 Å². The molecule has 2 N–H and O–H groups in total. The highest BCUT2D eigenvalue weighted by Crippen LogP contribution is 2.27. The van der Waals surface area contributed by atoms with Gasteiger partial charge in [-0.05, 0) is 53.9 Å². The van der Waals surface area contributed by atoms with Gasteiger partial charge in [0.2, 0.25) is 5.91 Å². The average molecular weight is 543 g/mol. The molecule has 34 heavy (non-hydrogen) atoms. The molecule has 6 nitrogen and oxygen atoms in total. The first-order valence-electron chi connectivity index (χ1n) is 10.7. The maximum absolute atomic E-state index is 12.8. The van der Waals surface area contributed by atoms with Gasteiger partial charge in [0.1, 0.15) is 0 Å². The van der Waals surface area contributed by atoms with Crippen LogP contribution in [-0.2, 0) is 17.0 Å². The van der Waals surface area contributed by atoms with Crippen molar-refractivity contribution in [1.82, 2.24) is 5.32 Å². The summed E-state index contributed by atoms with van der Waals surface area (Å²) in [6.07, 6.45) is 0.632. The summed E-state index contributed by atoms with van der Waals surface area (Å²) in [4.78, 5) is 25.2. The first-order chi connectivity index (χ1) is 16.5. The van der Waals surface area contributed by atoms with Gasteiger partial charge in [0.05, 0.1) is 31.2 Å². The number of hydrogen-bond acceptors (Lipinski definition) is 5. The Morgan fingerprint density at radius 1 is 0.912 bits per heavy atom. The fourth-order valence-corrected chi connectivity index (χ4v) is 4.32. The number of ether oxygens (including phenoxy) is 2. The third kappa shape index (κ3) is 7.53. The van der Waals surface area contributed by atoms with Crippen molar-refractivity contribution in [3.05, 3.63) is 87.9 Å². The van der Waals surface area contributed by atoms with E-state index in [-0.39, 0.29) is 11.8 Å². The Labute approximate surface area is 212 Å². The highest BCUT2D eigenvalue weighted by Gasteiger charge is 2.13. The Morgan fingerprint density at radius 3 is 2.35 bits per heavy atom. The van der Waals surface area contributed by atoms with E-state index in [1.165, 1.54) is 11.8 Å². The Hall–Kier alpha value is -2.97. The van der Waals surface area contributed by atoms with Gasteiger partial charge in [-0.1, -0.05) is 46.3 Å². The molecular weight excluding hydrogens is 516 g/mol. The highest BCUT2D eigenvalue weighted by atomic mass is 79.9. The van der Waals surface area contributed by atoms with Gasteiger partial charge in [0.15, 0.2) is 11.5 Å². The molecule has 2 amide bonds. The molecule has 3 aromatic carbocycles. The number of carbonyl (C=O) groups is 2. The third-order valence-corrected chi connectivity index (χ3v) is 6.54. The maximum atomic E-state index is 12.8. The van der Waals surface area contributed by atoms with Crippen LogP contribution in [0.3, 0.4) is 0 Å². The summed E-state index contributed by atoms with van der Waals surface area (Å²) < 4.78 is 11.6. The van der Waals surface area contributed by atoms with Crippen molar-refractivity contribution in [3.63, 3.8) is 0 Å². The molecule has 0 bridgehead atoms. The summed E-state index contributed by atoms with van der Waals surface area (Å²) in [5.74, 6) is 1.96. The topological polar surface area (TPSA) is 76.7 Å². The van der Waals surface area contributed by atoms with E-state index in [1.807, 2.05) is 42.5 Å². The SMILES string of the molecule is COc1ccc(CCNC(=O)c2ccccc2NC(=O)CSCc2ccc(Br)cc2)cc1OC. The van der Waals surface area contributed by atoms with E-state index in [0.29, 0.717) is 41.5 Å². The minimum absolute atomic E-state index is 0.146. The summed E-state index contributed by atoms with van der Waals surface area (Å²) in [5.41, 5.74) is 3.10. The molecular formula is C26H27BrN2O4S. The molecule has 178 valence electrons. The molecule has 0 atom stereocenters. The minimum Gasteiger partial charge on any atom is -0.493 e. The van der Waals surface area contributed by atoms with E-state index in [0.717, 1.165) is 21.4 Å². The average Bonchev–Trinajstić information content (AvgIpc) is 2.85. The Balaban J connectivity index is 1.51. The first-order valence-corrected chi connectivity index (χ1v) is 12.6. The predicted molar refractivity (Wildman–Crippen MR) is 141 cm³/mol. The van der Waals surface area contributed by atoms with Gasteiger partial charge in [-0.2, -0.15) is 0 Å². The Kier molecular flexibility index (Phi) is 9.85. The number of halogens is 1. The fourth-order valence-electron chi connectivity index (χ4n) is 3.27. The number of thioether (sulfide) groups is 1. The fraction of sp³-hybridized carbons (Fsp3) is 0.231. The van der Waals surface area contributed by atoms with Crippen molar-refractivity contribution in [2.24, 2.45) is 0 Å². The lowest BCUT2D eigenvalue weighted by atomic mass is 10.1. The van der Waals surface area contributed by atoms with Crippen molar-refractivity contribution >= 4 is 45.2 Å². The molecule has 0 aliphatic rings. The number of methoxy groups -OCH3 is 2. The molecule has 0 aliphatic carbocycles. The molecule has 3 rings (SSSR count). The summed E-state index contributed by atoms with van der Waals surface area (Å²) in [6.45, 7) is 0.444. The first kappa shape index (κ1) is 25.6. The van der Waals surface area contributed by atoms with E-state index in [2.05, 4.69) is 26.6 Å². The summed E-state index contributed by atoms with van der Waals surface area (Å²) in [5, 5.41) is 5.79. The molecule has 0 heterocycles. The highest BCUT2D eigenvalue weighted by molar-refractivity contribution is 9.10. The van der Waals surface area contributed by atoms with Crippen LogP contribution in [0.25, 0.3) is 0 Å². The number of nitrogens with one attached hydrogen (secondary N) is 2. The van der Waals surface area contributed by atoms with Crippen molar-refractivity contribution in [3.8, 4) is 11.5 Å². The van der Waals surface area contributed by atoms with E-state index < -0.39 is 0 Å². The largest absolute Gasteiger partial charge is 0.493 e. The number of benzene rings is 3. The molecule has 0 spiro atoms. The van der Waals surface area contributed by atoms with Gasteiger partial charge in [-0.25, -0.2) is 0 Å². The zero-order valence-electron chi connectivity index (χ0n) is 19.1. The lowest BCUT2D eigenvalue weighted by molar-refractivity contribution is -0.113. The molecule has 0 radical (unpaired) electrons. The summed E-state index contributed by atoms with van der Waals surface area (Å²) in [7, 11) is 3.18. The number of para-hydroxylation sites is 1. The van der Waals surface area contributed by atoms with Crippen LogP contribution >= 0.6 is 27.7 Å². The lowest BCUT2D eigenvalue weighted by Gasteiger charge is -2.12. The molecule has 0 aromatic heterocycles. The van der Waals surface area contributed by atoms with Crippen molar-refractivity contribution in [1.29, 1.82) is 0 Å². The normalized spacial score (nSPS) is 10.4. The van der Waals surface area contributed by atoms with Crippen LogP contribution in [0.2, 0.25) is 0 Å². The zero-order valence-corrected chi connectivity index (χ0v) is 21.5. The zero-order chi connectivity index (χ0) is 24.3. The summed E-state index contributed by atoms with van der Waals surface area (Å²) >= 11 is 4.94. The van der Waals surface area contributed by atoms with Crippen molar-refractivity contribution in [2.75, 3.05) is 31.8 Å². The van der Waals surface area contributed by atoms with E-state index in [4.69, 9.17) is 9.47 Å².